The van der Waals surface area contributed by atoms with E-state index < -0.39 is 0 Å². The summed E-state index contributed by atoms with van der Waals surface area (Å²) in [5.41, 5.74) is 1.28. The zero-order chi connectivity index (χ0) is 15.5. The van der Waals surface area contributed by atoms with Crippen LogP contribution in [0.15, 0.2) is 6.07 Å². The average molecular weight is 304 g/mol. The molecule has 1 aromatic rings. The van der Waals surface area contributed by atoms with E-state index in [9.17, 15) is 9.59 Å². The highest BCUT2D eigenvalue weighted by molar-refractivity contribution is 5.92. The highest BCUT2D eigenvalue weighted by atomic mass is 16.2. The molecular weight excluding hydrogens is 280 g/mol. The van der Waals surface area contributed by atoms with Crippen molar-refractivity contribution in [2.75, 3.05) is 13.1 Å². The molecule has 2 aliphatic rings. The molecule has 0 aromatic carbocycles. The van der Waals surface area contributed by atoms with Crippen molar-refractivity contribution in [1.29, 1.82) is 0 Å². The first-order valence-corrected chi connectivity index (χ1v) is 8.25. The zero-order valence-electron chi connectivity index (χ0n) is 13.1. The number of H-pyrrole nitrogens is 1. The lowest BCUT2D eigenvalue weighted by molar-refractivity contribution is -0.135. The van der Waals surface area contributed by atoms with Crippen molar-refractivity contribution >= 4 is 11.8 Å². The predicted octanol–water partition coefficient (Wildman–Crippen LogP) is 1.63. The SMILES string of the molecule is Cc1cc(C(=O)NC2CCN(C(=O)C3CCCCC3)C2)n[nH]1. The van der Waals surface area contributed by atoms with E-state index in [0.29, 0.717) is 12.2 Å². The maximum Gasteiger partial charge on any atom is 0.272 e. The van der Waals surface area contributed by atoms with Gasteiger partial charge in [-0.15, -0.1) is 0 Å². The van der Waals surface area contributed by atoms with Gasteiger partial charge in [0.25, 0.3) is 5.91 Å². The summed E-state index contributed by atoms with van der Waals surface area (Å²) >= 11 is 0. The number of likely N-dealkylation sites (tertiary alicyclic amines) is 1. The molecule has 1 unspecified atom stereocenters. The van der Waals surface area contributed by atoms with E-state index in [-0.39, 0.29) is 23.8 Å². The summed E-state index contributed by atoms with van der Waals surface area (Å²) in [6.07, 6.45) is 6.48. The minimum absolute atomic E-state index is 0.0389. The summed E-state index contributed by atoms with van der Waals surface area (Å²) in [5, 5.41) is 9.72. The summed E-state index contributed by atoms with van der Waals surface area (Å²) in [5.74, 6) is 0.325. The molecule has 2 N–H and O–H groups in total. The first-order valence-electron chi connectivity index (χ1n) is 8.25. The van der Waals surface area contributed by atoms with Gasteiger partial charge in [0.1, 0.15) is 5.69 Å². The molecule has 6 heteroatoms. The fraction of sp³-hybridized carbons (Fsp3) is 0.688. The van der Waals surface area contributed by atoms with Gasteiger partial charge < -0.3 is 10.2 Å². The molecular formula is C16H24N4O2. The molecule has 2 amide bonds. The smallest absolute Gasteiger partial charge is 0.272 e. The normalized spacial score (nSPS) is 22.8. The molecule has 0 spiro atoms. The van der Waals surface area contributed by atoms with Gasteiger partial charge in [-0.1, -0.05) is 19.3 Å². The van der Waals surface area contributed by atoms with E-state index >= 15 is 0 Å². The lowest BCUT2D eigenvalue weighted by Crippen LogP contribution is -2.40. The van der Waals surface area contributed by atoms with Gasteiger partial charge in [0.05, 0.1) is 0 Å². The number of carbonyl (C=O) groups is 2. The first-order chi connectivity index (χ1) is 10.6. The molecule has 1 saturated carbocycles. The van der Waals surface area contributed by atoms with Crippen LogP contribution in [0.1, 0.15) is 54.7 Å². The fourth-order valence-corrected chi connectivity index (χ4v) is 3.48. The second kappa shape index (κ2) is 6.50. The van der Waals surface area contributed by atoms with E-state index in [2.05, 4.69) is 15.5 Å². The topological polar surface area (TPSA) is 78.1 Å². The predicted molar refractivity (Wildman–Crippen MR) is 82.4 cm³/mol. The lowest BCUT2D eigenvalue weighted by Gasteiger charge is -2.26. The van der Waals surface area contributed by atoms with Crippen molar-refractivity contribution in [2.24, 2.45) is 5.92 Å². The summed E-state index contributed by atoms with van der Waals surface area (Å²) in [6.45, 7) is 3.24. The van der Waals surface area contributed by atoms with Gasteiger partial charge in [-0.25, -0.2) is 0 Å². The number of amides is 2. The molecule has 2 fully saturated rings. The van der Waals surface area contributed by atoms with Crippen LogP contribution in [0.5, 0.6) is 0 Å². The Kier molecular flexibility index (Phi) is 4.45. The van der Waals surface area contributed by atoms with Crippen molar-refractivity contribution in [3.05, 3.63) is 17.5 Å². The van der Waals surface area contributed by atoms with Gasteiger partial charge in [-0.2, -0.15) is 5.10 Å². The number of nitrogens with one attached hydrogen (secondary N) is 2. The maximum absolute atomic E-state index is 12.5. The molecule has 6 nitrogen and oxygen atoms in total. The van der Waals surface area contributed by atoms with Crippen molar-refractivity contribution in [1.82, 2.24) is 20.4 Å². The Morgan fingerprint density at radius 1 is 1.27 bits per heavy atom. The van der Waals surface area contributed by atoms with Crippen LogP contribution in [0.3, 0.4) is 0 Å². The number of hydrogen-bond acceptors (Lipinski definition) is 3. The molecule has 120 valence electrons. The van der Waals surface area contributed by atoms with Gasteiger partial charge in [-0.3, -0.25) is 14.7 Å². The number of aromatic nitrogens is 2. The van der Waals surface area contributed by atoms with Crippen molar-refractivity contribution in [2.45, 2.75) is 51.5 Å². The Bertz CT molecular complexity index is 548. The summed E-state index contributed by atoms with van der Waals surface area (Å²) in [7, 11) is 0. The summed E-state index contributed by atoms with van der Waals surface area (Å²) < 4.78 is 0. The number of rotatable bonds is 3. The third-order valence-electron chi connectivity index (χ3n) is 4.73. The van der Waals surface area contributed by atoms with Gasteiger partial charge in [0.15, 0.2) is 0 Å². The molecule has 3 rings (SSSR count). The number of carbonyl (C=O) groups excluding carboxylic acids is 2. The molecule has 1 saturated heterocycles. The molecule has 2 heterocycles. The van der Waals surface area contributed by atoms with E-state index in [0.717, 1.165) is 31.5 Å². The third-order valence-corrected chi connectivity index (χ3v) is 4.73. The first kappa shape index (κ1) is 15.1. The molecule has 1 atom stereocenters. The van der Waals surface area contributed by atoms with Crippen LogP contribution < -0.4 is 5.32 Å². The number of hydrogen-bond donors (Lipinski definition) is 2. The van der Waals surface area contributed by atoms with E-state index in [1.165, 1.54) is 19.3 Å². The van der Waals surface area contributed by atoms with Crippen LogP contribution in [0.2, 0.25) is 0 Å². The van der Waals surface area contributed by atoms with Crippen LogP contribution in [-0.2, 0) is 4.79 Å². The fourth-order valence-electron chi connectivity index (χ4n) is 3.48. The van der Waals surface area contributed by atoms with Crippen LogP contribution >= 0.6 is 0 Å². The highest BCUT2D eigenvalue weighted by Crippen LogP contribution is 2.26. The Morgan fingerprint density at radius 2 is 2.05 bits per heavy atom. The minimum atomic E-state index is -0.165. The molecule has 0 radical (unpaired) electrons. The number of nitrogens with zero attached hydrogens (tertiary/aromatic N) is 2. The van der Waals surface area contributed by atoms with Crippen LogP contribution in [0.4, 0.5) is 0 Å². The van der Waals surface area contributed by atoms with Crippen LogP contribution in [0, 0.1) is 12.8 Å². The monoisotopic (exact) mass is 304 g/mol. The van der Waals surface area contributed by atoms with Gasteiger partial charge in [0, 0.05) is 30.7 Å². The maximum atomic E-state index is 12.5. The molecule has 0 bridgehead atoms. The van der Waals surface area contributed by atoms with Crippen molar-refractivity contribution in [3.8, 4) is 0 Å². The minimum Gasteiger partial charge on any atom is -0.346 e. The molecule has 1 aliphatic carbocycles. The quantitative estimate of drug-likeness (QED) is 0.891. The molecule has 1 aromatic heterocycles. The zero-order valence-corrected chi connectivity index (χ0v) is 13.1. The van der Waals surface area contributed by atoms with Crippen molar-refractivity contribution in [3.63, 3.8) is 0 Å². The summed E-state index contributed by atoms with van der Waals surface area (Å²) in [4.78, 5) is 26.5. The number of aryl methyl sites for hydroxylation is 1. The van der Waals surface area contributed by atoms with Gasteiger partial charge in [0.2, 0.25) is 5.91 Å². The van der Waals surface area contributed by atoms with Crippen LogP contribution in [-0.4, -0.2) is 46.0 Å². The largest absolute Gasteiger partial charge is 0.346 e. The summed E-state index contributed by atoms with van der Waals surface area (Å²) in [6, 6.07) is 1.77. The second-order valence-electron chi connectivity index (χ2n) is 6.51. The lowest BCUT2D eigenvalue weighted by atomic mass is 9.88. The Morgan fingerprint density at radius 3 is 2.73 bits per heavy atom. The Hall–Kier alpha value is -1.85. The second-order valence-corrected chi connectivity index (χ2v) is 6.51. The number of aromatic amines is 1. The van der Waals surface area contributed by atoms with E-state index in [4.69, 9.17) is 0 Å². The standard InChI is InChI=1S/C16H24N4O2/c1-11-9-14(19-18-11)15(21)17-13-7-8-20(10-13)16(22)12-5-3-2-4-6-12/h9,12-13H,2-8,10H2,1H3,(H,17,21)(H,18,19). The average Bonchev–Trinajstić information content (AvgIpc) is 3.16. The van der Waals surface area contributed by atoms with E-state index in [1.54, 1.807) is 6.07 Å². The highest BCUT2D eigenvalue weighted by Gasteiger charge is 2.32. The molecule has 1 aliphatic heterocycles. The third kappa shape index (κ3) is 3.31. The Balaban J connectivity index is 1.51. The van der Waals surface area contributed by atoms with Crippen LogP contribution in [0.25, 0.3) is 0 Å². The van der Waals surface area contributed by atoms with Crippen molar-refractivity contribution < 1.29 is 9.59 Å². The van der Waals surface area contributed by atoms with Gasteiger partial charge >= 0.3 is 0 Å². The Labute approximate surface area is 130 Å². The van der Waals surface area contributed by atoms with E-state index in [1.807, 2.05) is 11.8 Å². The van der Waals surface area contributed by atoms with Gasteiger partial charge in [-0.05, 0) is 32.3 Å². The molecule has 22 heavy (non-hydrogen) atoms.